The Bertz CT molecular complexity index is 723. The summed E-state index contributed by atoms with van der Waals surface area (Å²) < 4.78 is 1.39. The van der Waals surface area contributed by atoms with E-state index < -0.39 is 0 Å². The van der Waals surface area contributed by atoms with Crippen LogP contribution in [0.15, 0.2) is 29.4 Å². The van der Waals surface area contributed by atoms with Crippen LogP contribution in [0.4, 0.5) is 11.4 Å². The molecular formula is C17H24N6OS. The molecule has 2 aromatic rings. The van der Waals surface area contributed by atoms with Crippen LogP contribution in [-0.4, -0.2) is 39.1 Å². The van der Waals surface area contributed by atoms with Crippen LogP contribution in [-0.2, 0) is 4.79 Å². The highest BCUT2D eigenvalue weighted by Gasteiger charge is 2.19. The molecule has 0 saturated carbocycles. The van der Waals surface area contributed by atoms with Crippen LogP contribution in [0.2, 0.25) is 0 Å². The number of hydrogen-bond donors (Lipinski definition) is 2. The number of nitrogens with one attached hydrogen (secondary N) is 1. The molecule has 0 radical (unpaired) electrons. The smallest absolute Gasteiger partial charge is 0.237 e. The van der Waals surface area contributed by atoms with Crippen LogP contribution >= 0.6 is 11.8 Å². The van der Waals surface area contributed by atoms with Gasteiger partial charge >= 0.3 is 0 Å². The van der Waals surface area contributed by atoms with Crippen LogP contribution in [0, 0.1) is 6.92 Å². The SMILES string of the molecule is Cc1nnc(S[C@H](C)C(=O)Nc2ccc(N3CCCCC3)cc2)n1N. The third kappa shape index (κ3) is 4.25. The number of benzene rings is 1. The topological polar surface area (TPSA) is 89.1 Å². The third-order valence-corrected chi connectivity index (χ3v) is 5.40. The number of nitrogens with two attached hydrogens (primary N) is 1. The van der Waals surface area contributed by atoms with E-state index in [9.17, 15) is 4.79 Å². The predicted octanol–water partition coefficient (Wildman–Crippen LogP) is 2.41. The number of thioether (sulfide) groups is 1. The maximum absolute atomic E-state index is 12.4. The van der Waals surface area contributed by atoms with Gasteiger partial charge in [0.05, 0.1) is 5.25 Å². The Hall–Kier alpha value is -2.22. The highest BCUT2D eigenvalue weighted by atomic mass is 32.2. The Morgan fingerprint density at radius 3 is 2.48 bits per heavy atom. The Morgan fingerprint density at radius 1 is 1.20 bits per heavy atom. The summed E-state index contributed by atoms with van der Waals surface area (Å²) in [6, 6.07) is 8.04. The van der Waals surface area contributed by atoms with E-state index >= 15 is 0 Å². The molecule has 0 spiro atoms. The van der Waals surface area contributed by atoms with Gasteiger partial charge in [0, 0.05) is 24.5 Å². The van der Waals surface area contributed by atoms with Gasteiger partial charge in [-0.1, -0.05) is 11.8 Å². The van der Waals surface area contributed by atoms with E-state index in [1.54, 1.807) is 6.92 Å². The average Bonchev–Trinajstić information content (AvgIpc) is 2.95. The number of aryl methyl sites for hydroxylation is 1. The van der Waals surface area contributed by atoms with Gasteiger partial charge in [0.15, 0.2) is 0 Å². The summed E-state index contributed by atoms with van der Waals surface area (Å²) in [6.07, 6.45) is 3.81. The fraction of sp³-hybridized carbons (Fsp3) is 0.471. The van der Waals surface area contributed by atoms with Crippen molar-refractivity contribution in [2.24, 2.45) is 0 Å². The zero-order valence-electron chi connectivity index (χ0n) is 14.6. The second kappa shape index (κ2) is 7.77. The molecule has 134 valence electrons. The normalized spacial score (nSPS) is 15.8. The van der Waals surface area contributed by atoms with Crippen molar-refractivity contribution in [2.75, 3.05) is 29.1 Å². The Labute approximate surface area is 151 Å². The van der Waals surface area contributed by atoms with Gasteiger partial charge in [-0.2, -0.15) is 0 Å². The Morgan fingerprint density at radius 2 is 1.88 bits per heavy atom. The highest BCUT2D eigenvalue weighted by Crippen LogP contribution is 2.24. The van der Waals surface area contributed by atoms with Crippen molar-refractivity contribution >= 4 is 29.0 Å². The predicted molar refractivity (Wildman–Crippen MR) is 101 cm³/mol. The maximum Gasteiger partial charge on any atom is 0.237 e. The molecular weight excluding hydrogens is 336 g/mol. The van der Waals surface area contributed by atoms with Crippen LogP contribution < -0.4 is 16.1 Å². The molecule has 1 amide bonds. The second-order valence-corrected chi connectivity index (χ2v) is 7.55. The lowest BCUT2D eigenvalue weighted by Gasteiger charge is -2.28. The molecule has 1 saturated heterocycles. The first-order chi connectivity index (χ1) is 12.0. The molecule has 0 bridgehead atoms. The molecule has 8 heteroatoms. The van der Waals surface area contributed by atoms with Crippen LogP contribution in [0.25, 0.3) is 0 Å². The van der Waals surface area contributed by atoms with Crippen molar-refractivity contribution < 1.29 is 4.79 Å². The van der Waals surface area contributed by atoms with Crippen LogP contribution in [0.3, 0.4) is 0 Å². The van der Waals surface area contributed by atoms with Crippen molar-refractivity contribution in [3.63, 3.8) is 0 Å². The quantitative estimate of drug-likeness (QED) is 0.629. The van der Waals surface area contributed by atoms with Gasteiger partial charge in [-0.05, 0) is 57.4 Å². The minimum Gasteiger partial charge on any atom is -0.372 e. The summed E-state index contributed by atoms with van der Waals surface area (Å²) in [5, 5.41) is 11.0. The third-order valence-electron chi connectivity index (χ3n) is 4.34. The molecule has 3 N–H and O–H groups in total. The van der Waals surface area contributed by atoms with Gasteiger partial charge in [-0.25, -0.2) is 4.68 Å². The van der Waals surface area contributed by atoms with Gasteiger partial charge in [-0.15, -0.1) is 10.2 Å². The van der Waals surface area contributed by atoms with Crippen molar-refractivity contribution in [1.82, 2.24) is 14.9 Å². The van der Waals surface area contributed by atoms with Gasteiger partial charge in [0.25, 0.3) is 0 Å². The van der Waals surface area contributed by atoms with E-state index in [2.05, 4.69) is 32.5 Å². The number of hydrogen-bond acceptors (Lipinski definition) is 6. The number of carbonyl (C=O) groups excluding carboxylic acids is 1. The second-order valence-electron chi connectivity index (χ2n) is 6.24. The molecule has 0 aliphatic carbocycles. The van der Waals surface area contributed by atoms with Gasteiger partial charge < -0.3 is 16.1 Å². The lowest BCUT2D eigenvalue weighted by Crippen LogP contribution is -2.29. The van der Waals surface area contributed by atoms with E-state index in [0.29, 0.717) is 11.0 Å². The van der Waals surface area contributed by atoms with E-state index in [1.165, 1.54) is 41.4 Å². The fourth-order valence-electron chi connectivity index (χ4n) is 2.79. The molecule has 1 atom stereocenters. The summed E-state index contributed by atoms with van der Waals surface area (Å²) >= 11 is 1.29. The number of amides is 1. The zero-order valence-corrected chi connectivity index (χ0v) is 15.4. The van der Waals surface area contributed by atoms with Crippen molar-refractivity contribution in [3.8, 4) is 0 Å². The monoisotopic (exact) mass is 360 g/mol. The largest absolute Gasteiger partial charge is 0.372 e. The number of piperidine rings is 1. The molecule has 1 fully saturated rings. The van der Waals surface area contributed by atoms with E-state index in [1.807, 2.05) is 19.1 Å². The van der Waals surface area contributed by atoms with Crippen LogP contribution in [0.5, 0.6) is 0 Å². The Kier molecular flexibility index (Phi) is 5.47. The molecule has 2 heterocycles. The highest BCUT2D eigenvalue weighted by molar-refractivity contribution is 8.00. The standard InChI is InChI=1S/C17H24N6OS/c1-12(25-17-21-20-13(2)23(17)18)16(24)19-14-6-8-15(9-7-14)22-10-4-3-5-11-22/h6-9,12H,3-5,10-11,18H2,1-2H3,(H,19,24)/t12-/m1/s1. The molecule has 25 heavy (non-hydrogen) atoms. The van der Waals surface area contributed by atoms with Crippen molar-refractivity contribution in [2.45, 2.75) is 43.5 Å². The number of anilines is 2. The number of nitrogen functional groups attached to an aromatic ring is 1. The molecule has 1 aliphatic heterocycles. The molecule has 1 aliphatic rings. The van der Waals surface area contributed by atoms with Crippen molar-refractivity contribution in [3.05, 3.63) is 30.1 Å². The molecule has 1 aromatic carbocycles. The molecule has 7 nitrogen and oxygen atoms in total. The summed E-state index contributed by atoms with van der Waals surface area (Å²) in [5.74, 6) is 6.35. The first kappa shape index (κ1) is 17.6. The summed E-state index contributed by atoms with van der Waals surface area (Å²) in [4.78, 5) is 14.8. The summed E-state index contributed by atoms with van der Waals surface area (Å²) in [5.41, 5.74) is 2.01. The minimum atomic E-state index is -0.326. The summed E-state index contributed by atoms with van der Waals surface area (Å²) in [7, 11) is 0. The minimum absolute atomic E-state index is 0.0867. The summed E-state index contributed by atoms with van der Waals surface area (Å²) in [6.45, 7) is 5.81. The number of rotatable bonds is 5. The van der Waals surface area contributed by atoms with E-state index in [-0.39, 0.29) is 11.2 Å². The lowest BCUT2D eigenvalue weighted by molar-refractivity contribution is -0.115. The van der Waals surface area contributed by atoms with Crippen molar-refractivity contribution in [1.29, 1.82) is 0 Å². The number of aromatic nitrogens is 3. The van der Waals surface area contributed by atoms with Gasteiger partial charge in [-0.3, -0.25) is 4.79 Å². The first-order valence-corrected chi connectivity index (χ1v) is 9.42. The van der Waals surface area contributed by atoms with E-state index in [4.69, 9.17) is 5.84 Å². The van der Waals surface area contributed by atoms with E-state index in [0.717, 1.165) is 18.8 Å². The van der Waals surface area contributed by atoms with Gasteiger partial charge in [0.1, 0.15) is 5.82 Å². The van der Waals surface area contributed by atoms with Crippen LogP contribution in [0.1, 0.15) is 32.0 Å². The number of nitrogens with zero attached hydrogens (tertiary/aromatic N) is 4. The maximum atomic E-state index is 12.4. The molecule has 3 rings (SSSR count). The molecule has 1 aromatic heterocycles. The van der Waals surface area contributed by atoms with Gasteiger partial charge in [0.2, 0.25) is 11.1 Å². The average molecular weight is 360 g/mol. The first-order valence-electron chi connectivity index (χ1n) is 8.54. The molecule has 0 unspecified atom stereocenters. The number of carbonyl (C=O) groups is 1. The zero-order chi connectivity index (χ0) is 17.8. The lowest BCUT2D eigenvalue weighted by atomic mass is 10.1. The Balaban J connectivity index is 1.57. The fourth-order valence-corrected chi connectivity index (χ4v) is 3.61.